The highest BCUT2D eigenvalue weighted by molar-refractivity contribution is 5.81. The fraction of sp³-hybridized carbons (Fsp3) is 0.562. The molecular formula is C16H24N4O. The lowest BCUT2D eigenvalue weighted by Gasteiger charge is -2.35. The number of para-hydroxylation sites is 1. The van der Waals surface area contributed by atoms with Crippen LogP contribution in [0.2, 0.25) is 0 Å². The number of methoxy groups -OCH3 is 1. The van der Waals surface area contributed by atoms with Crippen LogP contribution in [0, 0.1) is 0 Å². The number of hydrazine groups is 1. The summed E-state index contributed by atoms with van der Waals surface area (Å²) in [4.78, 5) is 0. The third-order valence-corrected chi connectivity index (χ3v) is 4.92. The first kappa shape index (κ1) is 14.5. The minimum atomic E-state index is -0.159. The van der Waals surface area contributed by atoms with Crippen molar-refractivity contribution in [1.82, 2.24) is 15.2 Å². The maximum Gasteiger partial charge on any atom is 0.0848 e. The van der Waals surface area contributed by atoms with E-state index in [2.05, 4.69) is 28.7 Å². The lowest BCUT2D eigenvalue weighted by molar-refractivity contribution is -0.0357. The molecule has 3 rings (SSSR count). The van der Waals surface area contributed by atoms with Crippen molar-refractivity contribution in [2.75, 3.05) is 7.11 Å². The van der Waals surface area contributed by atoms with Gasteiger partial charge in [-0.3, -0.25) is 16.0 Å². The smallest absolute Gasteiger partial charge is 0.0848 e. The Morgan fingerprint density at radius 3 is 2.76 bits per heavy atom. The van der Waals surface area contributed by atoms with Gasteiger partial charge < -0.3 is 4.74 Å². The van der Waals surface area contributed by atoms with Gasteiger partial charge in [0, 0.05) is 26.0 Å². The van der Waals surface area contributed by atoms with Gasteiger partial charge in [0.2, 0.25) is 0 Å². The number of ether oxygens (including phenoxy) is 1. The Morgan fingerprint density at radius 1 is 1.38 bits per heavy atom. The Balaban J connectivity index is 1.92. The van der Waals surface area contributed by atoms with Gasteiger partial charge in [0.05, 0.1) is 22.9 Å². The lowest BCUT2D eigenvalue weighted by Crippen LogP contribution is -2.54. The van der Waals surface area contributed by atoms with Crippen LogP contribution in [0.15, 0.2) is 24.3 Å². The fourth-order valence-electron chi connectivity index (χ4n) is 3.70. The summed E-state index contributed by atoms with van der Waals surface area (Å²) in [5, 5.41) is 5.88. The van der Waals surface area contributed by atoms with E-state index in [0.717, 1.165) is 30.5 Å². The van der Waals surface area contributed by atoms with Gasteiger partial charge in [-0.05, 0) is 18.9 Å². The second-order valence-electron chi connectivity index (χ2n) is 5.99. The number of nitrogens with one attached hydrogen (secondary N) is 1. The molecule has 1 fully saturated rings. The molecule has 5 heteroatoms. The summed E-state index contributed by atoms with van der Waals surface area (Å²) in [5.41, 5.74) is 5.06. The number of nitrogens with zero attached hydrogens (tertiary/aromatic N) is 2. The van der Waals surface area contributed by atoms with Crippen LogP contribution in [-0.4, -0.2) is 28.5 Å². The van der Waals surface area contributed by atoms with Crippen LogP contribution >= 0.6 is 0 Å². The monoisotopic (exact) mass is 288 g/mol. The first-order chi connectivity index (χ1) is 10.2. The molecule has 0 radical (unpaired) electrons. The van der Waals surface area contributed by atoms with E-state index in [-0.39, 0.29) is 11.6 Å². The number of rotatable bonds is 5. The third-order valence-electron chi connectivity index (χ3n) is 4.92. The zero-order valence-electron chi connectivity index (χ0n) is 12.8. The van der Waals surface area contributed by atoms with Gasteiger partial charge >= 0.3 is 0 Å². The minimum absolute atomic E-state index is 0.0864. The molecular weight excluding hydrogens is 264 g/mol. The molecule has 1 aromatic heterocycles. The van der Waals surface area contributed by atoms with Crippen molar-refractivity contribution in [2.45, 2.75) is 43.7 Å². The van der Waals surface area contributed by atoms with Crippen LogP contribution in [0.25, 0.3) is 10.9 Å². The number of aryl methyl sites for hydroxylation is 1. The van der Waals surface area contributed by atoms with Crippen molar-refractivity contribution in [3.8, 4) is 0 Å². The van der Waals surface area contributed by atoms with E-state index in [0.29, 0.717) is 0 Å². The Hall–Kier alpha value is -1.43. The molecule has 1 unspecified atom stereocenters. The highest BCUT2D eigenvalue weighted by Gasteiger charge is 2.41. The summed E-state index contributed by atoms with van der Waals surface area (Å²) < 4.78 is 7.80. The van der Waals surface area contributed by atoms with Crippen LogP contribution in [0.5, 0.6) is 0 Å². The Morgan fingerprint density at radius 2 is 2.10 bits per heavy atom. The van der Waals surface area contributed by atoms with E-state index in [4.69, 9.17) is 10.6 Å². The Kier molecular flexibility index (Phi) is 3.97. The first-order valence-electron chi connectivity index (χ1n) is 7.62. The molecule has 1 atom stereocenters. The van der Waals surface area contributed by atoms with Crippen LogP contribution in [-0.2, 0) is 18.2 Å². The predicted octanol–water partition coefficient (Wildman–Crippen LogP) is 1.91. The van der Waals surface area contributed by atoms with Crippen LogP contribution < -0.4 is 11.3 Å². The first-order valence-corrected chi connectivity index (χ1v) is 7.62. The topological polar surface area (TPSA) is 65.1 Å². The summed E-state index contributed by atoms with van der Waals surface area (Å²) in [6.07, 6.45) is 5.31. The number of hydrogen-bond donors (Lipinski definition) is 2. The maximum absolute atomic E-state index is 5.87. The molecule has 0 amide bonds. The second-order valence-corrected chi connectivity index (χ2v) is 5.99. The highest BCUT2D eigenvalue weighted by atomic mass is 16.5. The predicted molar refractivity (Wildman–Crippen MR) is 83.7 cm³/mol. The Labute approximate surface area is 125 Å². The van der Waals surface area contributed by atoms with Crippen LogP contribution in [0.1, 0.15) is 31.4 Å². The molecule has 0 aliphatic heterocycles. The van der Waals surface area contributed by atoms with E-state index >= 15 is 0 Å². The molecule has 1 aliphatic carbocycles. The van der Waals surface area contributed by atoms with Crippen molar-refractivity contribution < 1.29 is 4.74 Å². The molecule has 0 spiro atoms. The van der Waals surface area contributed by atoms with E-state index in [1.165, 1.54) is 18.2 Å². The molecule has 2 aromatic rings. The average molecular weight is 288 g/mol. The number of aromatic nitrogens is 2. The average Bonchev–Trinajstić information content (AvgIpc) is 3.11. The van der Waals surface area contributed by atoms with Crippen molar-refractivity contribution >= 4 is 10.9 Å². The minimum Gasteiger partial charge on any atom is -0.377 e. The highest BCUT2D eigenvalue weighted by Crippen LogP contribution is 2.37. The van der Waals surface area contributed by atoms with Crippen LogP contribution in [0.4, 0.5) is 0 Å². The van der Waals surface area contributed by atoms with Crippen molar-refractivity contribution in [1.29, 1.82) is 0 Å². The van der Waals surface area contributed by atoms with E-state index in [1.807, 2.05) is 17.8 Å². The van der Waals surface area contributed by atoms with Gasteiger partial charge in [0.25, 0.3) is 0 Å². The summed E-state index contributed by atoms with van der Waals surface area (Å²) in [5.74, 6) is 5.85. The molecule has 0 bridgehead atoms. The van der Waals surface area contributed by atoms with Crippen molar-refractivity contribution in [3.63, 3.8) is 0 Å². The van der Waals surface area contributed by atoms with Gasteiger partial charge in [-0.2, -0.15) is 5.10 Å². The number of nitrogens with two attached hydrogens (primary N) is 1. The second kappa shape index (κ2) is 5.75. The zero-order chi connectivity index (χ0) is 14.9. The molecule has 1 aliphatic rings. The van der Waals surface area contributed by atoms with E-state index in [1.54, 1.807) is 7.11 Å². The number of benzene rings is 1. The largest absolute Gasteiger partial charge is 0.377 e. The molecule has 1 aromatic carbocycles. The van der Waals surface area contributed by atoms with Crippen molar-refractivity contribution in [2.24, 2.45) is 12.9 Å². The fourth-order valence-corrected chi connectivity index (χ4v) is 3.70. The lowest BCUT2D eigenvalue weighted by atomic mass is 9.88. The maximum atomic E-state index is 5.87. The molecule has 0 saturated heterocycles. The summed E-state index contributed by atoms with van der Waals surface area (Å²) in [7, 11) is 3.78. The summed E-state index contributed by atoms with van der Waals surface area (Å²) in [6.45, 7) is 0. The number of fused-ring (bicyclic) bond motifs is 1. The molecule has 21 heavy (non-hydrogen) atoms. The number of hydrogen-bond acceptors (Lipinski definition) is 4. The van der Waals surface area contributed by atoms with E-state index in [9.17, 15) is 0 Å². The van der Waals surface area contributed by atoms with Crippen molar-refractivity contribution in [3.05, 3.63) is 30.0 Å². The van der Waals surface area contributed by atoms with Gasteiger partial charge in [-0.25, -0.2) is 0 Å². The SMILES string of the molecule is COC1(C(Cc2nn(C)c3ccccc23)NN)CCCC1. The van der Waals surface area contributed by atoms with Gasteiger partial charge in [-0.15, -0.1) is 0 Å². The van der Waals surface area contributed by atoms with E-state index < -0.39 is 0 Å². The molecule has 114 valence electrons. The molecule has 1 saturated carbocycles. The Bertz CT molecular complexity index is 616. The standard InChI is InChI=1S/C16H24N4O/c1-20-14-8-4-3-7-12(14)13(19-20)11-15(18-17)16(21-2)9-5-6-10-16/h3-4,7-8,15,18H,5-6,9-11,17H2,1-2H3. The summed E-state index contributed by atoms with van der Waals surface area (Å²) in [6, 6.07) is 8.40. The van der Waals surface area contributed by atoms with Crippen LogP contribution in [0.3, 0.4) is 0 Å². The normalized spacial score (nSPS) is 19.2. The third kappa shape index (κ3) is 2.46. The zero-order valence-corrected chi connectivity index (χ0v) is 12.8. The van der Waals surface area contributed by atoms with Gasteiger partial charge in [0.1, 0.15) is 0 Å². The molecule has 3 N–H and O–H groups in total. The summed E-state index contributed by atoms with van der Waals surface area (Å²) >= 11 is 0. The van der Waals surface area contributed by atoms with Gasteiger partial charge in [0.15, 0.2) is 0 Å². The quantitative estimate of drug-likeness (QED) is 0.651. The molecule has 1 heterocycles. The van der Waals surface area contributed by atoms with Gasteiger partial charge in [-0.1, -0.05) is 31.0 Å². The molecule has 5 nitrogen and oxygen atoms in total.